The summed E-state index contributed by atoms with van der Waals surface area (Å²) in [6.07, 6.45) is 1.74. The van der Waals surface area contributed by atoms with E-state index < -0.39 is 0 Å². The minimum Gasteiger partial charge on any atom is -0.394 e. The normalized spacial score (nSPS) is 23.8. The number of aliphatic hydroxyl groups excluding tert-OH is 1. The first-order valence-electron chi connectivity index (χ1n) is 6.49. The minimum atomic E-state index is -0.168. The average molecular weight is 259 g/mol. The maximum absolute atomic E-state index is 9.25. The van der Waals surface area contributed by atoms with Crippen molar-refractivity contribution in [3.8, 4) is 0 Å². The number of para-hydroxylation sites is 1. The van der Waals surface area contributed by atoms with E-state index in [4.69, 9.17) is 4.74 Å². The second-order valence-electron chi connectivity index (χ2n) is 4.89. The van der Waals surface area contributed by atoms with Crippen LogP contribution in [0.25, 0.3) is 10.9 Å². The molecule has 100 valence electrons. The molecule has 0 bridgehead atoms. The highest BCUT2D eigenvalue weighted by Gasteiger charge is 2.26. The van der Waals surface area contributed by atoms with E-state index in [1.54, 1.807) is 0 Å². The third-order valence-corrected chi connectivity index (χ3v) is 3.29. The van der Waals surface area contributed by atoms with Crippen LogP contribution in [-0.2, 0) is 4.74 Å². The highest BCUT2D eigenvalue weighted by atomic mass is 16.5. The fourth-order valence-corrected chi connectivity index (χ4v) is 2.42. The summed E-state index contributed by atoms with van der Waals surface area (Å²) in [6.45, 7) is 3.39. The highest BCUT2D eigenvalue weighted by Crippen LogP contribution is 2.19. The molecule has 0 radical (unpaired) electrons. The fraction of sp³-hybridized carbons (Fsp3) is 0.429. The van der Waals surface area contributed by atoms with Crippen LogP contribution in [0, 0.1) is 0 Å². The first-order chi connectivity index (χ1) is 9.26. The van der Waals surface area contributed by atoms with Crippen molar-refractivity contribution in [2.24, 2.45) is 0 Å². The number of aromatic nitrogens is 2. The van der Waals surface area contributed by atoms with Gasteiger partial charge in [0.2, 0.25) is 5.95 Å². The van der Waals surface area contributed by atoms with Crippen molar-refractivity contribution < 1.29 is 9.84 Å². The number of morpholine rings is 1. The summed E-state index contributed by atoms with van der Waals surface area (Å²) in [5, 5.41) is 10.3. The van der Waals surface area contributed by atoms with E-state index in [1.807, 2.05) is 37.4 Å². The monoisotopic (exact) mass is 259 g/mol. The molecule has 1 N–H and O–H groups in total. The molecular formula is C14H17N3O2. The standard InChI is InChI=1S/C14H17N3O2/c1-10-7-17(8-12(9-18)19-10)14-15-6-11-4-2-3-5-13(11)16-14/h2-6,10,12,18H,7-9H2,1H3. The van der Waals surface area contributed by atoms with Crippen LogP contribution < -0.4 is 4.90 Å². The molecule has 3 rings (SSSR count). The van der Waals surface area contributed by atoms with Gasteiger partial charge >= 0.3 is 0 Å². The van der Waals surface area contributed by atoms with Crippen molar-refractivity contribution in [3.05, 3.63) is 30.5 Å². The lowest BCUT2D eigenvalue weighted by molar-refractivity contribution is -0.0424. The van der Waals surface area contributed by atoms with Gasteiger partial charge < -0.3 is 14.7 Å². The Hall–Kier alpha value is -1.72. The van der Waals surface area contributed by atoms with Gasteiger partial charge in [-0.3, -0.25) is 0 Å². The summed E-state index contributed by atoms with van der Waals surface area (Å²) < 4.78 is 5.63. The first kappa shape index (κ1) is 12.3. The maximum atomic E-state index is 9.25. The van der Waals surface area contributed by atoms with Gasteiger partial charge in [0.15, 0.2) is 0 Å². The summed E-state index contributed by atoms with van der Waals surface area (Å²) in [6, 6.07) is 7.92. The zero-order valence-corrected chi connectivity index (χ0v) is 10.9. The van der Waals surface area contributed by atoms with Crippen LogP contribution in [-0.4, -0.2) is 47.0 Å². The molecule has 0 saturated carbocycles. The number of ether oxygens (including phenoxy) is 1. The van der Waals surface area contributed by atoms with E-state index in [0.29, 0.717) is 12.5 Å². The smallest absolute Gasteiger partial charge is 0.226 e. The molecule has 5 heteroatoms. The van der Waals surface area contributed by atoms with Crippen LogP contribution in [0.2, 0.25) is 0 Å². The molecule has 5 nitrogen and oxygen atoms in total. The zero-order valence-electron chi connectivity index (χ0n) is 10.9. The second kappa shape index (κ2) is 5.11. The molecule has 2 atom stereocenters. The van der Waals surface area contributed by atoms with Crippen molar-refractivity contribution >= 4 is 16.9 Å². The molecule has 1 aromatic heterocycles. The summed E-state index contributed by atoms with van der Waals surface area (Å²) in [5.41, 5.74) is 0.937. The largest absolute Gasteiger partial charge is 0.394 e. The Labute approximate surface area is 111 Å². The topological polar surface area (TPSA) is 58.5 Å². The van der Waals surface area contributed by atoms with E-state index in [1.165, 1.54) is 0 Å². The third kappa shape index (κ3) is 2.52. The Kier molecular flexibility index (Phi) is 3.31. The zero-order chi connectivity index (χ0) is 13.2. The lowest BCUT2D eigenvalue weighted by Crippen LogP contribution is -2.48. The van der Waals surface area contributed by atoms with Crippen LogP contribution >= 0.6 is 0 Å². The number of benzene rings is 1. The van der Waals surface area contributed by atoms with E-state index in [0.717, 1.165) is 17.4 Å². The Morgan fingerprint density at radius 3 is 3.05 bits per heavy atom. The molecule has 1 aromatic carbocycles. The van der Waals surface area contributed by atoms with Gasteiger partial charge in [0.05, 0.1) is 24.3 Å². The van der Waals surface area contributed by atoms with E-state index in [9.17, 15) is 5.11 Å². The number of anilines is 1. The van der Waals surface area contributed by atoms with Crippen molar-refractivity contribution in [1.82, 2.24) is 9.97 Å². The molecule has 2 unspecified atom stereocenters. The summed E-state index contributed by atoms with van der Waals surface area (Å²) in [4.78, 5) is 11.1. The minimum absolute atomic E-state index is 0.0222. The number of hydrogen-bond acceptors (Lipinski definition) is 5. The Morgan fingerprint density at radius 2 is 2.21 bits per heavy atom. The summed E-state index contributed by atoms with van der Waals surface area (Å²) in [7, 11) is 0. The molecule has 0 spiro atoms. The number of aliphatic hydroxyl groups is 1. The Bertz CT molecular complexity index is 575. The molecule has 1 fully saturated rings. The lowest BCUT2D eigenvalue weighted by Gasteiger charge is -2.36. The first-order valence-corrected chi connectivity index (χ1v) is 6.49. The fourth-order valence-electron chi connectivity index (χ4n) is 2.42. The lowest BCUT2D eigenvalue weighted by atomic mass is 10.2. The summed E-state index contributed by atoms with van der Waals surface area (Å²) >= 11 is 0. The van der Waals surface area contributed by atoms with E-state index in [2.05, 4.69) is 14.9 Å². The van der Waals surface area contributed by atoms with Gasteiger partial charge in [-0.1, -0.05) is 18.2 Å². The highest BCUT2D eigenvalue weighted by molar-refractivity contribution is 5.78. The van der Waals surface area contributed by atoms with E-state index in [-0.39, 0.29) is 18.8 Å². The van der Waals surface area contributed by atoms with Crippen LogP contribution in [0.15, 0.2) is 30.5 Å². The van der Waals surface area contributed by atoms with Gasteiger partial charge in [-0.2, -0.15) is 0 Å². The molecule has 1 aliphatic rings. The molecule has 2 aromatic rings. The predicted octanol–water partition coefficient (Wildman–Crippen LogP) is 1.22. The molecule has 1 saturated heterocycles. The van der Waals surface area contributed by atoms with E-state index >= 15 is 0 Å². The van der Waals surface area contributed by atoms with Gasteiger partial charge in [-0.25, -0.2) is 9.97 Å². The quantitative estimate of drug-likeness (QED) is 0.878. The van der Waals surface area contributed by atoms with Crippen LogP contribution in [0.4, 0.5) is 5.95 Å². The van der Waals surface area contributed by atoms with Crippen LogP contribution in [0.3, 0.4) is 0 Å². The van der Waals surface area contributed by atoms with Gasteiger partial charge in [0, 0.05) is 24.7 Å². The molecule has 0 aliphatic carbocycles. The number of fused-ring (bicyclic) bond motifs is 1. The number of nitrogens with zero attached hydrogens (tertiary/aromatic N) is 3. The SMILES string of the molecule is CC1CN(c2ncc3ccccc3n2)CC(CO)O1. The maximum Gasteiger partial charge on any atom is 0.226 e. The molecule has 0 amide bonds. The average Bonchev–Trinajstić information content (AvgIpc) is 2.46. The molecule has 1 aliphatic heterocycles. The summed E-state index contributed by atoms with van der Waals surface area (Å²) in [5.74, 6) is 0.701. The van der Waals surface area contributed by atoms with Crippen LogP contribution in [0.1, 0.15) is 6.92 Å². The predicted molar refractivity (Wildman–Crippen MR) is 73.2 cm³/mol. The van der Waals surface area contributed by atoms with Gasteiger partial charge in [-0.05, 0) is 13.0 Å². The molecule has 19 heavy (non-hydrogen) atoms. The van der Waals surface area contributed by atoms with Gasteiger partial charge in [-0.15, -0.1) is 0 Å². The Balaban J connectivity index is 1.90. The van der Waals surface area contributed by atoms with Crippen molar-refractivity contribution in [2.75, 3.05) is 24.6 Å². The van der Waals surface area contributed by atoms with Crippen LogP contribution in [0.5, 0.6) is 0 Å². The van der Waals surface area contributed by atoms with Gasteiger partial charge in [0.25, 0.3) is 0 Å². The second-order valence-corrected chi connectivity index (χ2v) is 4.89. The van der Waals surface area contributed by atoms with Gasteiger partial charge in [0.1, 0.15) is 0 Å². The number of hydrogen-bond donors (Lipinski definition) is 1. The molecular weight excluding hydrogens is 242 g/mol. The molecule has 2 heterocycles. The number of rotatable bonds is 2. The van der Waals surface area contributed by atoms with Crippen molar-refractivity contribution in [3.63, 3.8) is 0 Å². The van der Waals surface area contributed by atoms with Crippen molar-refractivity contribution in [1.29, 1.82) is 0 Å². The van der Waals surface area contributed by atoms with Crippen molar-refractivity contribution in [2.45, 2.75) is 19.1 Å². The Morgan fingerprint density at radius 1 is 1.37 bits per heavy atom. The third-order valence-electron chi connectivity index (χ3n) is 3.29.